The summed E-state index contributed by atoms with van der Waals surface area (Å²) in [4.78, 5) is 15.7. The van der Waals surface area contributed by atoms with Crippen molar-refractivity contribution in [2.24, 2.45) is 5.92 Å². The quantitative estimate of drug-likeness (QED) is 0.345. The highest BCUT2D eigenvalue weighted by molar-refractivity contribution is 6.20. The molecule has 2 aromatic rings. The fraction of sp³-hybridized carbons (Fsp3) is 0.406. The Balaban J connectivity index is 1.85. The van der Waals surface area contributed by atoms with Gasteiger partial charge in [-0.1, -0.05) is 0 Å². The van der Waals surface area contributed by atoms with Crippen molar-refractivity contribution in [1.29, 1.82) is 0 Å². The SMILES string of the molecule is COC1=CC(CC2=C(c3cc(OC)cc(OCCN(C)C)c3)C(=O)OC2(O)c2ccc(OC)cc2)CC(OC)=C1OC. The summed E-state index contributed by atoms with van der Waals surface area (Å²) in [5.41, 5.74) is 1.51. The highest BCUT2D eigenvalue weighted by atomic mass is 16.7. The number of esters is 1. The topological polar surface area (TPSA) is 105 Å². The summed E-state index contributed by atoms with van der Waals surface area (Å²) in [6, 6.07) is 12.0. The second-order valence-corrected chi connectivity index (χ2v) is 10.2. The van der Waals surface area contributed by atoms with E-state index in [2.05, 4.69) is 0 Å². The summed E-state index contributed by atoms with van der Waals surface area (Å²) in [5.74, 6) is 0.312. The van der Waals surface area contributed by atoms with Gasteiger partial charge in [-0.15, -0.1) is 0 Å². The van der Waals surface area contributed by atoms with Crippen molar-refractivity contribution in [3.8, 4) is 17.2 Å². The van der Waals surface area contributed by atoms with E-state index in [4.69, 9.17) is 33.2 Å². The Bertz CT molecular complexity index is 1380. The lowest BCUT2D eigenvalue weighted by Gasteiger charge is -2.29. The van der Waals surface area contributed by atoms with Gasteiger partial charge in [-0.2, -0.15) is 0 Å². The van der Waals surface area contributed by atoms with Crippen LogP contribution in [-0.4, -0.2) is 78.8 Å². The van der Waals surface area contributed by atoms with Crippen LogP contribution in [-0.2, 0) is 29.5 Å². The van der Waals surface area contributed by atoms with Crippen LogP contribution in [0.15, 0.2) is 71.4 Å². The summed E-state index contributed by atoms with van der Waals surface area (Å²) in [5, 5.41) is 12.1. The Labute approximate surface area is 246 Å². The average Bonchev–Trinajstić information content (AvgIpc) is 3.25. The Hall–Kier alpha value is -4.15. The van der Waals surface area contributed by atoms with E-state index in [1.807, 2.05) is 25.1 Å². The maximum Gasteiger partial charge on any atom is 0.341 e. The molecule has 0 saturated carbocycles. The molecule has 0 fully saturated rings. The van der Waals surface area contributed by atoms with Gasteiger partial charge in [-0.05, 0) is 74.5 Å². The van der Waals surface area contributed by atoms with E-state index in [-0.39, 0.29) is 17.9 Å². The van der Waals surface area contributed by atoms with E-state index in [0.29, 0.717) is 70.8 Å². The van der Waals surface area contributed by atoms with Crippen LogP contribution in [0.25, 0.3) is 5.57 Å². The summed E-state index contributed by atoms with van der Waals surface area (Å²) in [7, 11) is 11.7. The van der Waals surface area contributed by atoms with E-state index >= 15 is 0 Å². The van der Waals surface area contributed by atoms with E-state index in [9.17, 15) is 9.90 Å². The molecular weight excluding hydrogens is 542 g/mol. The van der Waals surface area contributed by atoms with Crippen molar-refractivity contribution in [1.82, 2.24) is 4.90 Å². The third kappa shape index (κ3) is 6.34. The van der Waals surface area contributed by atoms with Gasteiger partial charge in [0.1, 0.15) is 29.6 Å². The summed E-state index contributed by atoms with van der Waals surface area (Å²) >= 11 is 0. The normalized spacial score (nSPS) is 20.4. The molecule has 0 saturated heterocycles. The number of allylic oxidation sites excluding steroid dienone is 2. The molecule has 2 aromatic carbocycles. The predicted molar refractivity (Wildman–Crippen MR) is 156 cm³/mol. The average molecular weight is 582 g/mol. The van der Waals surface area contributed by atoms with Gasteiger partial charge in [0.2, 0.25) is 0 Å². The first-order chi connectivity index (χ1) is 20.2. The zero-order valence-electron chi connectivity index (χ0n) is 25.2. The summed E-state index contributed by atoms with van der Waals surface area (Å²) in [6.45, 7) is 1.14. The first-order valence-electron chi connectivity index (χ1n) is 13.6. The molecule has 2 unspecified atom stereocenters. The van der Waals surface area contributed by atoms with Crippen molar-refractivity contribution in [2.45, 2.75) is 18.6 Å². The molecule has 0 aromatic heterocycles. The lowest BCUT2D eigenvalue weighted by Crippen LogP contribution is -2.30. The molecule has 0 spiro atoms. The van der Waals surface area contributed by atoms with Gasteiger partial charge >= 0.3 is 5.97 Å². The minimum absolute atomic E-state index is 0.223. The second-order valence-electron chi connectivity index (χ2n) is 10.2. The largest absolute Gasteiger partial charge is 0.497 e. The maximum absolute atomic E-state index is 13.6. The standard InChI is InChI=1S/C32H39NO9/c1-33(2)12-13-41-25-18-21(17-24(19-25)37-4)29-26(14-20-15-27(38-5)30(40-7)28(16-20)39-6)32(35,42-31(29)34)22-8-10-23(36-3)11-9-22/h8-11,15,17-20,35H,12-14,16H2,1-7H3. The fourth-order valence-electron chi connectivity index (χ4n) is 5.15. The number of carbonyl (C=O) groups excluding carboxylic acids is 1. The van der Waals surface area contributed by atoms with Crippen LogP contribution >= 0.6 is 0 Å². The third-order valence-electron chi connectivity index (χ3n) is 7.30. The van der Waals surface area contributed by atoms with E-state index in [0.717, 1.165) is 0 Å². The molecular formula is C32H39NO9. The van der Waals surface area contributed by atoms with Gasteiger partial charge in [-0.25, -0.2) is 4.79 Å². The molecule has 1 heterocycles. The van der Waals surface area contributed by atoms with Crippen LogP contribution in [0.4, 0.5) is 0 Å². The molecule has 226 valence electrons. The molecule has 4 rings (SSSR count). The van der Waals surface area contributed by atoms with Crippen molar-refractivity contribution >= 4 is 11.5 Å². The zero-order chi connectivity index (χ0) is 30.4. The number of hydrogen-bond acceptors (Lipinski definition) is 10. The summed E-state index contributed by atoms with van der Waals surface area (Å²) < 4.78 is 39.4. The van der Waals surface area contributed by atoms with Gasteiger partial charge in [0, 0.05) is 30.2 Å². The van der Waals surface area contributed by atoms with Gasteiger partial charge in [0.25, 0.3) is 5.79 Å². The third-order valence-corrected chi connectivity index (χ3v) is 7.30. The number of cyclic esters (lactones) is 1. The van der Waals surface area contributed by atoms with E-state index in [1.165, 1.54) is 0 Å². The highest BCUT2D eigenvalue weighted by Gasteiger charge is 2.49. The van der Waals surface area contributed by atoms with Crippen LogP contribution in [0.3, 0.4) is 0 Å². The van der Waals surface area contributed by atoms with Gasteiger partial charge < -0.3 is 43.2 Å². The molecule has 0 bridgehead atoms. The Morgan fingerprint density at radius 3 is 2.19 bits per heavy atom. The number of aliphatic hydroxyl groups is 1. The van der Waals surface area contributed by atoms with E-state index < -0.39 is 11.8 Å². The molecule has 2 atom stereocenters. The van der Waals surface area contributed by atoms with Crippen molar-refractivity contribution in [3.05, 3.63) is 82.5 Å². The predicted octanol–water partition coefficient (Wildman–Crippen LogP) is 4.24. The van der Waals surface area contributed by atoms with Gasteiger partial charge in [0.05, 0.1) is 41.1 Å². The summed E-state index contributed by atoms with van der Waals surface area (Å²) in [6.07, 6.45) is 2.60. The Kier molecular flexibility index (Phi) is 9.70. The van der Waals surface area contributed by atoms with Crippen molar-refractivity contribution < 1.29 is 43.1 Å². The first-order valence-corrected chi connectivity index (χ1v) is 13.6. The maximum atomic E-state index is 13.6. The highest BCUT2D eigenvalue weighted by Crippen LogP contribution is 2.48. The number of methoxy groups -OCH3 is 5. The van der Waals surface area contributed by atoms with Crippen molar-refractivity contribution in [3.63, 3.8) is 0 Å². The lowest BCUT2D eigenvalue weighted by molar-refractivity contribution is -0.185. The fourth-order valence-corrected chi connectivity index (χ4v) is 5.15. The lowest BCUT2D eigenvalue weighted by atomic mass is 9.83. The number of rotatable bonds is 13. The van der Waals surface area contributed by atoms with Gasteiger partial charge in [-0.3, -0.25) is 0 Å². The smallest absolute Gasteiger partial charge is 0.341 e. The molecule has 10 nitrogen and oxygen atoms in total. The van der Waals surface area contributed by atoms with E-state index in [1.54, 1.807) is 78.0 Å². The zero-order valence-corrected chi connectivity index (χ0v) is 25.2. The second kappa shape index (κ2) is 13.2. The van der Waals surface area contributed by atoms with Crippen LogP contribution in [0, 0.1) is 5.92 Å². The number of hydrogen-bond donors (Lipinski definition) is 1. The molecule has 2 aliphatic rings. The number of ether oxygens (including phenoxy) is 7. The molecule has 0 radical (unpaired) electrons. The number of carbonyl (C=O) groups is 1. The van der Waals surface area contributed by atoms with Crippen molar-refractivity contribution in [2.75, 3.05) is 62.8 Å². The van der Waals surface area contributed by atoms with Crippen LogP contribution in [0.5, 0.6) is 17.2 Å². The number of benzene rings is 2. The minimum Gasteiger partial charge on any atom is -0.497 e. The van der Waals surface area contributed by atoms with Gasteiger partial charge in [0.15, 0.2) is 11.5 Å². The number of nitrogens with zero attached hydrogens (tertiary/aromatic N) is 1. The molecule has 10 heteroatoms. The first kappa shape index (κ1) is 30.8. The van der Waals surface area contributed by atoms with Crippen LogP contribution < -0.4 is 14.2 Å². The molecule has 1 aliphatic heterocycles. The number of likely N-dealkylation sites (N-methyl/N-ethyl adjacent to an activating group) is 1. The molecule has 1 aliphatic carbocycles. The Morgan fingerprint density at radius 1 is 0.905 bits per heavy atom. The molecule has 0 amide bonds. The molecule has 1 N–H and O–H groups in total. The monoisotopic (exact) mass is 581 g/mol. The van der Waals surface area contributed by atoms with Crippen LogP contribution in [0.2, 0.25) is 0 Å². The minimum atomic E-state index is -2.03. The van der Waals surface area contributed by atoms with Crippen LogP contribution in [0.1, 0.15) is 24.0 Å². The Morgan fingerprint density at radius 2 is 1.60 bits per heavy atom. The molecule has 42 heavy (non-hydrogen) atoms.